The van der Waals surface area contributed by atoms with E-state index in [1.165, 1.54) is 0 Å². The Morgan fingerprint density at radius 2 is 1.81 bits per heavy atom. The number of halogens is 1. The number of rotatable bonds is 6. The number of anilines is 1. The summed E-state index contributed by atoms with van der Waals surface area (Å²) >= 11 is 7.72. The Bertz CT molecular complexity index is 909. The number of benzene rings is 2. The minimum Gasteiger partial charge on any atom is -0.323 e. The zero-order chi connectivity index (χ0) is 18.5. The van der Waals surface area contributed by atoms with E-state index in [1.807, 2.05) is 73.1 Å². The number of amides is 1. The van der Waals surface area contributed by atoms with Crippen LogP contribution in [0.1, 0.15) is 17.8 Å². The second-order valence-corrected chi connectivity index (χ2v) is 7.41. The fourth-order valence-corrected chi connectivity index (χ4v) is 3.85. The molecule has 0 atom stereocenters. The van der Waals surface area contributed by atoms with Crippen LogP contribution in [0.15, 0.2) is 59.5 Å². The Hall–Kier alpha value is -2.24. The van der Waals surface area contributed by atoms with E-state index in [-0.39, 0.29) is 5.91 Å². The van der Waals surface area contributed by atoms with Crippen LogP contribution in [0.4, 0.5) is 5.69 Å². The number of aromatic nitrogens is 2. The van der Waals surface area contributed by atoms with Crippen LogP contribution in [0.2, 0.25) is 5.02 Å². The van der Waals surface area contributed by atoms with Gasteiger partial charge >= 0.3 is 0 Å². The molecule has 0 fully saturated rings. The van der Waals surface area contributed by atoms with Crippen molar-refractivity contribution in [3.8, 4) is 5.69 Å². The monoisotopic (exact) mass is 385 g/mol. The SMILES string of the molecule is Cc1nn(-c2ccccc2)c(C)c1NC(=O)CCSc1ccccc1Cl. The van der Waals surface area contributed by atoms with Gasteiger partial charge in [-0.25, -0.2) is 4.68 Å². The summed E-state index contributed by atoms with van der Waals surface area (Å²) in [4.78, 5) is 13.3. The highest BCUT2D eigenvalue weighted by Crippen LogP contribution is 2.27. The van der Waals surface area contributed by atoms with Crippen LogP contribution < -0.4 is 5.32 Å². The van der Waals surface area contributed by atoms with Gasteiger partial charge in [-0.15, -0.1) is 11.8 Å². The molecule has 4 nitrogen and oxygen atoms in total. The highest BCUT2D eigenvalue weighted by Gasteiger charge is 2.15. The van der Waals surface area contributed by atoms with Crippen LogP contribution in [-0.4, -0.2) is 21.4 Å². The van der Waals surface area contributed by atoms with Crippen molar-refractivity contribution in [1.82, 2.24) is 9.78 Å². The number of thioether (sulfide) groups is 1. The maximum Gasteiger partial charge on any atom is 0.225 e. The predicted octanol–water partition coefficient (Wildman–Crippen LogP) is 5.26. The van der Waals surface area contributed by atoms with E-state index in [1.54, 1.807) is 11.8 Å². The number of carbonyl (C=O) groups excluding carboxylic acids is 1. The summed E-state index contributed by atoms with van der Waals surface area (Å²) in [5, 5.41) is 8.27. The first kappa shape index (κ1) is 18.5. The molecular weight excluding hydrogens is 366 g/mol. The number of aryl methyl sites for hydroxylation is 1. The van der Waals surface area contributed by atoms with Gasteiger partial charge in [0.2, 0.25) is 5.91 Å². The average Bonchev–Trinajstić information content (AvgIpc) is 2.92. The van der Waals surface area contributed by atoms with Gasteiger partial charge < -0.3 is 5.32 Å². The Morgan fingerprint density at radius 3 is 2.54 bits per heavy atom. The van der Waals surface area contributed by atoms with Gasteiger partial charge in [-0.1, -0.05) is 41.9 Å². The maximum atomic E-state index is 12.3. The van der Waals surface area contributed by atoms with Crippen LogP contribution >= 0.6 is 23.4 Å². The highest BCUT2D eigenvalue weighted by molar-refractivity contribution is 7.99. The maximum absolute atomic E-state index is 12.3. The lowest BCUT2D eigenvalue weighted by molar-refractivity contribution is -0.115. The van der Waals surface area contributed by atoms with Crippen molar-refractivity contribution in [1.29, 1.82) is 0 Å². The number of hydrogen-bond acceptors (Lipinski definition) is 3. The predicted molar refractivity (Wildman–Crippen MR) is 108 cm³/mol. The van der Waals surface area contributed by atoms with Gasteiger partial charge in [-0.05, 0) is 38.1 Å². The summed E-state index contributed by atoms with van der Waals surface area (Å²) in [5.41, 5.74) is 3.48. The molecule has 6 heteroatoms. The third-order valence-electron chi connectivity index (χ3n) is 3.98. The Kier molecular flexibility index (Phi) is 6.01. The van der Waals surface area contributed by atoms with Crippen molar-refractivity contribution in [2.75, 3.05) is 11.1 Å². The minimum atomic E-state index is -0.0247. The second-order valence-electron chi connectivity index (χ2n) is 5.87. The van der Waals surface area contributed by atoms with E-state index in [9.17, 15) is 4.79 Å². The van der Waals surface area contributed by atoms with E-state index < -0.39 is 0 Å². The molecule has 0 radical (unpaired) electrons. The van der Waals surface area contributed by atoms with Gasteiger partial charge in [0.1, 0.15) is 0 Å². The smallest absolute Gasteiger partial charge is 0.225 e. The first-order valence-electron chi connectivity index (χ1n) is 8.35. The molecule has 0 saturated carbocycles. The van der Waals surface area contributed by atoms with E-state index in [2.05, 4.69) is 10.4 Å². The number of nitrogens with one attached hydrogen (secondary N) is 1. The second kappa shape index (κ2) is 8.43. The summed E-state index contributed by atoms with van der Waals surface area (Å²) in [5.74, 6) is 0.642. The van der Waals surface area contributed by atoms with Crippen molar-refractivity contribution >= 4 is 35.0 Å². The molecule has 0 unspecified atom stereocenters. The molecule has 134 valence electrons. The molecule has 3 rings (SSSR count). The summed E-state index contributed by atoms with van der Waals surface area (Å²) in [6.07, 6.45) is 0.408. The molecule has 1 heterocycles. The number of nitrogens with zero attached hydrogens (tertiary/aromatic N) is 2. The molecule has 0 aliphatic rings. The van der Waals surface area contributed by atoms with Crippen LogP contribution in [0.5, 0.6) is 0 Å². The fraction of sp³-hybridized carbons (Fsp3) is 0.200. The van der Waals surface area contributed by atoms with Crippen LogP contribution in [0.3, 0.4) is 0 Å². The Morgan fingerprint density at radius 1 is 1.12 bits per heavy atom. The van der Waals surface area contributed by atoms with Crippen LogP contribution in [0, 0.1) is 13.8 Å². The largest absolute Gasteiger partial charge is 0.323 e. The van der Waals surface area contributed by atoms with E-state index in [0.29, 0.717) is 17.2 Å². The van der Waals surface area contributed by atoms with Gasteiger partial charge in [-0.3, -0.25) is 4.79 Å². The molecule has 0 aliphatic heterocycles. The van der Waals surface area contributed by atoms with Crippen LogP contribution in [-0.2, 0) is 4.79 Å². The van der Waals surface area contributed by atoms with E-state index >= 15 is 0 Å². The fourth-order valence-electron chi connectivity index (χ4n) is 2.66. The van der Waals surface area contributed by atoms with E-state index in [0.717, 1.165) is 27.7 Å². The average molecular weight is 386 g/mol. The van der Waals surface area contributed by atoms with Gasteiger partial charge in [0, 0.05) is 17.1 Å². The number of para-hydroxylation sites is 1. The Labute approximate surface area is 162 Å². The third kappa shape index (κ3) is 4.29. The lowest BCUT2D eigenvalue weighted by atomic mass is 10.3. The zero-order valence-electron chi connectivity index (χ0n) is 14.7. The molecule has 1 N–H and O–H groups in total. The quantitative estimate of drug-likeness (QED) is 0.588. The summed E-state index contributed by atoms with van der Waals surface area (Å²) < 4.78 is 1.85. The number of hydrogen-bond donors (Lipinski definition) is 1. The molecule has 0 aliphatic carbocycles. The van der Waals surface area contributed by atoms with Gasteiger partial charge in [0.05, 0.1) is 27.8 Å². The summed E-state index contributed by atoms with van der Waals surface area (Å²) in [6, 6.07) is 17.5. The molecule has 0 spiro atoms. The van der Waals surface area contributed by atoms with Crippen molar-refractivity contribution in [2.45, 2.75) is 25.2 Å². The Balaban J connectivity index is 1.63. The molecular formula is C20H20ClN3OS. The normalized spacial score (nSPS) is 10.7. The molecule has 26 heavy (non-hydrogen) atoms. The summed E-state index contributed by atoms with van der Waals surface area (Å²) in [6.45, 7) is 3.86. The lowest BCUT2D eigenvalue weighted by Gasteiger charge is -2.07. The zero-order valence-corrected chi connectivity index (χ0v) is 16.3. The van der Waals surface area contributed by atoms with E-state index in [4.69, 9.17) is 11.6 Å². The molecule has 1 aromatic heterocycles. The topological polar surface area (TPSA) is 46.9 Å². The first-order valence-corrected chi connectivity index (χ1v) is 9.71. The minimum absolute atomic E-state index is 0.0247. The van der Waals surface area contributed by atoms with Gasteiger partial charge in [0.15, 0.2) is 0 Å². The molecule has 2 aromatic carbocycles. The molecule has 1 amide bonds. The molecule has 3 aromatic rings. The lowest BCUT2D eigenvalue weighted by Crippen LogP contribution is -2.13. The molecule has 0 bridgehead atoms. The van der Waals surface area contributed by atoms with Crippen molar-refractivity contribution in [3.05, 3.63) is 71.0 Å². The van der Waals surface area contributed by atoms with Gasteiger partial charge in [-0.2, -0.15) is 5.10 Å². The highest BCUT2D eigenvalue weighted by atomic mass is 35.5. The van der Waals surface area contributed by atoms with Gasteiger partial charge in [0.25, 0.3) is 0 Å². The standard InChI is InChI=1S/C20H20ClN3OS/c1-14-20(15(2)24(23-14)16-8-4-3-5-9-16)22-19(25)12-13-26-18-11-7-6-10-17(18)21/h3-11H,12-13H2,1-2H3,(H,22,25). The van der Waals surface area contributed by atoms with Crippen molar-refractivity contribution in [3.63, 3.8) is 0 Å². The first-order chi connectivity index (χ1) is 12.6. The molecule has 0 saturated heterocycles. The summed E-state index contributed by atoms with van der Waals surface area (Å²) in [7, 11) is 0. The third-order valence-corrected chi connectivity index (χ3v) is 5.50. The number of carbonyl (C=O) groups is 1. The van der Waals surface area contributed by atoms with Crippen molar-refractivity contribution in [2.24, 2.45) is 0 Å². The van der Waals surface area contributed by atoms with Crippen molar-refractivity contribution < 1.29 is 4.79 Å². The van der Waals surface area contributed by atoms with Crippen LogP contribution in [0.25, 0.3) is 5.69 Å².